The van der Waals surface area contributed by atoms with Gasteiger partial charge in [0.05, 0.1) is 6.54 Å². The summed E-state index contributed by atoms with van der Waals surface area (Å²) in [5.74, 6) is 1.80. The zero-order chi connectivity index (χ0) is 15.5. The zero-order valence-corrected chi connectivity index (χ0v) is 12.7. The van der Waals surface area contributed by atoms with E-state index >= 15 is 0 Å². The number of hydrogen-bond donors (Lipinski definition) is 1. The normalized spacial score (nSPS) is 10.8. The Hall–Kier alpha value is -2.54. The molecular formula is C14H15ClN6O. The lowest BCUT2D eigenvalue weighted by atomic mass is 10.3. The van der Waals surface area contributed by atoms with Crippen molar-refractivity contribution in [3.05, 3.63) is 41.7 Å². The quantitative estimate of drug-likeness (QED) is 0.773. The van der Waals surface area contributed by atoms with Crippen molar-refractivity contribution in [3.8, 4) is 5.75 Å². The Bertz CT molecular complexity index is 790. The van der Waals surface area contributed by atoms with Gasteiger partial charge in [0, 0.05) is 18.1 Å². The molecule has 7 nitrogen and oxygen atoms in total. The van der Waals surface area contributed by atoms with Gasteiger partial charge < -0.3 is 15.4 Å². The van der Waals surface area contributed by atoms with Gasteiger partial charge in [0.1, 0.15) is 24.5 Å². The van der Waals surface area contributed by atoms with E-state index in [0.717, 1.165) is 5.75 Å². The first kappa shape index (κ1) is 14.4. The number of aromatic nitrogens is 4. The van der Waals surface area contributed by atoms with Crippen molar-refractivity contribution in [2.45, 2.75) is 0 Å². The third-order valence-corrected chi connectivity index (χ3v) is 3.43. The van der Waals surface area contributed by atoms with Gasteiger partial charge in [0.25, 0.3) is 0 Å². The van der Waals surface area contributed by atoms with E-state index in [1.54, 1.807) is 16.5 Å². The second-order valence-electron chi connectivity index (χ2n) is 4.76. The van der Waals surface area contributed by atoms with E-state index in [0.29, 0.717) is 35.6 Å². The van der Waals surface area contributed by atoms with Gasteiger partial charge in [-0.3, -0.25) is 4.40 Å². The molecule has 0 aliphatic carbocycles. The highest BCUT2D eigenvalue weighted by atomic mass is 35.5. The summed E-state index contributed by atoms with van der Waals surface area (Å²) in [5.41, 5.74) is 6.53. The molecule has 0 aliphatic heterocycles. The molecule has 0 spiro atoms. The number of rotatable bonds is 5. The maximum Gasteiger partial charge on any atom is 0.209 e. The summed E-state index contributed by atoms with van der Waals surface area (Å²) in [7, 11) is 1.91. The van der Waals surface area contributed by atoms with E-state index in [2.05, 4.69) is 15.2 Å². The second kappa shape index (κ2) is 6.07. The zero-order valence-electron chi connectivity index (χ0n) is 12.0. The predicted molar refractivity (Wildman–Crippen MR) is 85.4 cm³/mol. The maximum atomic E-state index is 5.91. The number of nitrogens with zero attached hydrogens (tertiary/aromatic N) is 5. The summed E-state index contributed by atoms with van der Waals surface area (Å²) in [6.07, 6.45) is 1.53. The SMILES string of the molecule is CN(CCOc1cccc(Cl)c1)c1cc2nncn2c(N)n1. The summed E-state index contributed by atoms with van der Waals surface area (Å²) < 4.78 is 7.29. The predicted octanol–water partition coefficient (Wildman–Crippen LogP) is 1.88. The molecule has 0 radical (unpaired) electrons. The van der Waals surface area contributed by atoms with Crippen LogP contribution in [-0.2, 0) is 0 Å². The molecule has 0 amide bonds. The lowest BCUT2D eigenvalue weighted by Gasteiger charge is -2.18. The summed E-state index contributed by atoms with van der Waals surface area (Å²) in [6, 6.07) is 9.12. The molecule has 1 aromatic carbocycles. The van der Waals surface area contributed by atoms with Crippen LogP contribution >= 0.6 is 11.6 Å². The summed E-state index contributed by atoms with van der Waals surface area (Å²) >= 11 is 5.91. The van der Waals surface area contributed by atoms with Gasteiger partial charge in [-0.1, -0.05) is 17.7 Å². The minimum absolute atomic E-state index is 0.347. The van der Waals surface area contributed by atoms with Crippen molar-refractivity contribution in [2.24, 2.45) is 0 Å². The van der Waals surface area contributed by atoms with Gasteiger partial charge in [0.15, 0.2) is 5.65 Å². The Morgan fingerprint density at radius 2 is 2.23 bits per heavy atom. The van der Waals surface area contributed by atoms with Crippen LogP contribution in [0.1, 0.15) is 0 Å². The largest absolute Gasteiger partial charge is 0.492 e. The average Bonchev–Trinajstić information content (AvgIpc) is 2.96. The molecule has 2 N–H and O–H groups in total. The molecular weight excluding hydrogens is 304 g/mol. The van der Waals surface area contributed by atoms with Crippen LogP contribution in [0, 0.1) is 0 Å². The fraction of sp³-hybridized carbons (Fsp3) is 0.214. The van der Waals surface area contributed by atoms with Crippen molar-refractivity contribution in [1.82, 2.24) is 19.6 Å². The number of ether oxygens (including phenoxy) is 1. The first-order valence-electron chi connectivity index (χ1n) is 6.69. The van der Waals surface area contributed by atoms with E-state index in [4.69, 9.17) is 22.1 Å². The number of anilines is 2. The number of hydrogen-bond acceptors (Lipinski definition) is 6. The summed E-state index contributed by atoms with van der Waals surface area (Å²) in [4.78, 5) is 6.26. The Labute approximate surface area is 132 Å². The number of nitrogen functional groups attached to an aromatic ring is 1. The summed E-state index contributed by atoms with van der Waals surface area (Å²) in [6.45, 7) is 1.14. The Morgan fingerprint density at radius 3 is 3.05 bits per heavy atom. The van der Waals surface area contributed by atoms with Crippen molar-refractivity contribution in [1.29, 1.82) is 0 Å². The van der Waals surface area contributed by atoms with Crippen LogP contribution in [0.4, 0.5) is 11.8 Å². The van der Waals surface area contributed by atoms with Gasteiger partial charge >= 0.3 is 0 Å². The van der Waals surface area contributed by atoms with Crippen LogP contribution in [-0.4, -0.2) is 39.8 Å². The molecule has 8 heteroatoms. The fourth-order valence-corrected chi connectivity index (χ4v) is 2.19. The van der Waals surface area contributed by atoms with Crippen LogP contribution in [0.2, 0.25) is 5.02 Å². The molecule has 22 heavy (non-hydrogen) atoms. The first-order chi connectivity index (χ1) is 10.6. The number of fused-ring (bicyclic) bond motifs is 1. The maximum absolute atomic E-state index is 5.91. The van der Waals surface area contributed by atoms with Crippen LogP contribution in [0.3, 0.4) is 0 Å². The second-order valence-corrected chi connectivity index (χ2v) is 5.20. The highest BCUT2D eigenvalue weighted by Gasteiger charge is 2.08. The average molecular weight is 319 g/mol. The minimum Gasteiger partial charge on any atom is -0.492 e. The van der Waals surface area contributed by atoms with Gasteiger partial charge in [0.2, 0.25) is 5.95 Å². The topological polar surface area (TPSA) is 81.6 Å². The molecule has 2 heterocycles. The minimum atomic E-state index is 0.347. The van der Waals surface area contributed by atoms with E-state index in [1.165, 1.54) is 6.33 Å². The van der Waals surface area contributed by atoms with Crippen LogP contribution < -0.4 is 15.4 Å². The van der Waals surface area contributed by atoms with Crippen molar-refractivity contribution in [2.75, 3.05) is 30.8 Å². The molecule has 0 unspecified atom stereocenters. The number of benzene rings is 1. The molecule has 0 bridgehead atoms. The molecule has 114 valence electrons. The lowest BCUT2D eigenvalue weighted by Crippen LogP contribution is -2.25. The first-order valence-corrected chi connectivity index (χ1v) is 7.07. The number of likely N-dealkylation sites (N-methyl/N-ethyl adjacent to an activating group) is 1. The summed E-state index contributed by atoms with van der Waals surface area (Å²) in [5, 5.41) is 8.44. The van der Waals surface area contributed by atoms with E-state index in [-0.39, 0.29) is 0 Å². The molecule has 0 saturated carbocycles. The monoisotopic (exact) mass is 318 g/mol. The standard InChI is InChI=1S/C14H15ClN6O/c1-20(5-6-22-11-4-2-3-10(15)7-11)12-8-13-19-17-9-21(13)14(16)18-12/h2-4,7-9H,5-6H2,1H3,(H2,16,18). The fourth-order valence-electron chi connectivity index (χ4n) is 2.01. The molecule has 2 aromatic heterocycles. The molecule has 3 aromatic rings. The van der Waals surface area contributed by atoms with E-state index < -0.39 is 0 Å². The van der Waals surface area contributed by atoms with Gasteiger partial charge in [-0.25, -0.2) is 0 Å². The van der Waals surface area contributed by atoms with Crippen molar-refractivity contribution in [3.63, 3.8) is 0 Å². The lowest BCUT2D eigenvalue weighted by molar-refractivity contribution is 0.325. The van der Waals surface area contributed by atoms with Gasteiger partial charge in [-0.05, 0) is 18.2 Å². The van der Waals surface area contributed by atoms with Crippen LogP contribution in [0.15, 0.2) is 36.7 Å². The Balaban J connectivity index is 1.64. The van der Waals surface area contributed by atoms with Crippen molar-refractivity contribution < 1.29 is 4.74 Å². The van der Waals surface area contributed by atoms with Crippen LogP contribution in [0.25, 0.3) is 5.65 Å². The van der Waals surface area contributed by atoms with Crippen molar-refractivity contribution >= 4 is 29.0 Å². The molecule has 0 atom stereocenters. The van der Waals surface area contributed by atoms with Gasteiger partial charge in [-0.15, -0.1) is 10.2 Å². The highest BCUT2D eigenvalue weighted by molar-refractivity contribution is 6.30. The van der Waals surface area contributed by atoms with E-state index in [1.807, 2.05) is 30.1 Å². The molecule has 0 aliphatic rings. The molecule has 3 rings (SSSR count). The molecule has 0 fully saturated rings. The van der Waals surface area contributed by atoms with Crippen LogP contribution in [0.5, 0.6) is 5.75 Å². The smallest absolute Gasteiger partial charge is 0.209 e. The third kappa shape index (κ3) is 3.04. The Kier molecular flexibility index (Phi) is 3.97. The highest BCUT2D eigenvalue weighted by Crippen LogP contribution is 2.18. The number of nitrogens with two attached hydrogens (primary N) is 1. The molecule has 0 saturated heterocycles. The Morgan fingerprint density at radius 1 is 1.36 bits per heavy atom. The van der Waals surface area contributed by atoms with E-state index in [9.17, 15) is 0 Å². The third-order valence-electron chi connectivity index (χ3n) is 3.19. The number of halogens is 1. The van der Waals surface area contributed by atoms with Gasteiger partial charge in [-0.2, -0.15) is 4.98 Å².